The molecular weight excluding hydrogens is 332 g/mol. The van der Waals surface area contributed by atoms with Crippen LogP contribution >= 0.6 is 15.9 Å². The maximum atomic E-state index is 12.2. The third kappa shape index (κ3) is 3.77. The van der Waals surface area contributed by atoms with Gasteiger partial charge >= 0.3 is 0 Å². The van der Waals surface area contributed by atoms with E-state index in [9.17, 15) is 4.79 Å². The van der Waals surface area contributed by atoms with Crippen LogP contribution in [0.2, 0.25) is 0 Å². The molecule has 1 heterocycles. The molecule has 1 fully saturated rings. The molecule has 1 aliphatic heterocycles. The summed E-state index contributed by atoms with van der Waals surface area (Å²) in [5.41, 5.74) is 3.37. The Balaban J connectivity index is 1.98. The molecule has 1 aromatic rings. The third-order valence-electron chi connectivity index (χ3n) is 4.16. The molecular formula is C16H23BrN2O2. The van der Waals surface area contributed by atoms with Gasteiger partial charge in [0.05, 0.1) is 0 Å². The highest BCUT2D eigenvalue weighted by atomic mass is 79.9. The normalized spacial score (nSPS) is 16.1. The Morgan fingerprint density at radius 3 is 2.43 bits per heavy atom. The number of piperazine rings is 1. The molecule has 1 aromatic carbocycles. The topological polar surface area (TPSA) is 32.8 Å². The summed E-state index contributed by atoms with van der Waals surface area (Å²) in [6.45, 7) is 9.67. The smallest absolute Gasteiger partial charge is 0.260 e. The van der Waals surface area contributed by atoms with Crippen LogP contribution in [-0.4, -0.2) is 55.5 Å². The molecule has 1 saturated heterocycles. The Hall–Kier alpha value is -1.07. The van der Waals surface area contributed by atoms with E-state index >= 15 is 0 Å². The molecule has 1 amide bonds. The van der Waals surface area contributed by atoms with E-state index in [1.165, 1.54) is 0 Å². The van der Waals surface area contributed by atoms with Gasteiger partial charge in [-0.2, -0.15) is 0 Å². The number of hydrogen-bond donors (Lipinski definition) is 0. The first-order valence-electron chi connectivity index (χ1n) is 7.25. The highest BCUT2D eigenvalue weighted by Crippen LogP contribution is 2.31. The second-order valence-electron chi connectivity index (χ2n) is 5.73. The molecule has 0 saturated carbocycles. The lowest BCUT2D eigenvalue weighted by molar-refractivity contribution is -0.134. The fourth-order valence-electron chi connectivity index (χ4n) is 2.45. The van der Waals surface area contributed by atoms with Crippen LogP contribution in [0.5, 0.6) is 5.75 Å². The van der Waals surface area contributed by atoms with Gasteiger partial charge in [0.25, 0.3) is 5.91 Å². The molecule has 2 rings (SSSR count). The van der Waals surface area contributed by atoms with Crippen LogP contribution in [0.4, 0.5) is 0 Å². The monoisotopic (exact) mass is 354 g/mol. The lowest BCUT2D eigenvalue weighted by atomic mass is 10.1. The van der Waals surface area contributed by atoms with E-state index in [2.05, 4.69) is 34.8 Å². The number of carbonyl (C=O) groups is 1. The average molecular weight is 355 g/mol. The summed E-state index contributed by atoms with van der Waals surface area (Å²) in [4.78, 5) is 16.3. The Bertz CT molecular complexity index is 538. The number of nitrogens with zero attached hydrogens (tertiary/aromatic N) is 2. The quantitative estimate of drug-likeness (QED) is 0.835. The third-order valence-corrected chi connectivity index (χ3v) is 5.38. The number of ether oxygens (including phenoxy) is 1. The van der Waals surface area contributed by atoms with Crippen molar-refractivity contribution in [2.24, 2.45) is 0 Å². The summed E-state index contributed by atoms with van der Waals surface area (Å²) < 4.78 is 6.88. The van der Waals surface area contributed by atoms with E-state index in [1.54, 1.807) is 0 Å². The number of benzene rings is 1. The van der Waals surface area contributed by atoms with Crippen molar-refractivity contribution in [3.8, 4) is 5.75 Å². The first-order valence-corrected chi connectivity index (χ1v) is 8.05. The predicted molar refractivity (Wildman–Crippen MR) is 87.9 cm³/mol. The first kappa shape index (κ1) is 16.3. The zero-order valence-corrected chi connectivity index (χ0v) is 14.8. The summed E-state index contributed by atoms with van der Waals surface area (Å²) in [6.07, 6.45) is 0. The maximum Gasteiger partial charge on any atom is 0.260 e. The standard InChI is InChI=1S/C16H23BrN2O2/c1-11-9-14(12(2)13(3)16(11)17)21-10-15(20)19-7-5-18(4)6-8-19/h9H,5-8,10H2,1-4H3. The molecule has 4 nitrogen and oxygen atoms in total. The van der Waals surface area contributed by atoms with Crippen LogP contribution in [-0.2, 0) is 4.79 Å². The molecule has 0 atom stereocenters. The fraction of sp³-hybridized carbons (Fsp3) is 0.562. The van der Waals surface area contributed by atoms with Crippen LogP contribution < -0.4 is 4.74 Å². The number of aryl methyl sites for hydroxylation is 1. The van der Waals surface area contributed by atoms with Crippen molar-refractivity contribution in [3.63, 3.8) is 0 Å². The Morgan fingerprint density at radius 1 is 1.19 bits per heavy atom. The minimum atomic E-state index is 0.0701. The zero-order valence-electron chi connectivity index (χ0n) is 13.2. The first-order chi connectivity index (χ1) is 9.90. The Morgan fingerprint density at radius 2 is 1.81 bits per heavy atom. The number of rotatable bonds is 3. The van der Waals surface area contributed by atoms with Gasteiger partial charge in [-0.15, -0.1) is 0 Å². The van der Waals surface area contributed by atoms with Crippen molar-refractivity contribution in [1.82, 2.24) is 9.80 Å². The van der Waals surface area contributed by atoms with Crippen molar-refractivity contribution in [1.29, 1.82) is 0 Å². The van der Waals surface area contributed by atoms with Crippen LogP contribution in [0.3, 0.4) is 0 Å². The predicted octanol–water partition coefficient (Wildman–Crippen LogP) is 2.53. The number of halogens is 1. The largest absolute Gasteiger partial charge is 0.483 e. The van der Waals surface area contributed by atoms with Crippen LogP contribution in [0, 0.1) is 20.8 Å². The van der Waals surface area contributed by atoms with E-state index < -0.39 is 0 Å². The van der Waals surface area contributed by atoms with Gasteiger partial charge in [0.15, 0.2) is 6.61 Å². The van der Waals surface area contributed by atoms with Gasteiger partial charge in [-0.25, -0.2) is 0 Å². The molecule has 0 unspecified atom stereocenters. The van der Waals surface area contributed by atoms with Crippen molar-refractivity contribution in [2.75, 3.05) is 39.8 Å². The second kappa shape index (κ2) is 6.79. The van der Waals surface area contributed by atoms with Gasteiger partial charge in [0.2, 0.25) is 0 Å². The second-order valence-corrected chi connectivity index (χ2v) is 6.52. The summed E-state index contributed by atoms with van der Waals surface area (Å²) >= 11 is 3.58. The Kier molecular flexibility index (Phi) is 5.27. The summed E-state index contributed by atoms with van der Waals surface area (Å²) in [5.74, 6) is 0.872. The van der Waals surface area contributed by atoms with E-state index in [-0.39, 0.29) is 12.5 Å². The SMILES string of the molecule is Cc1cc(OCC(=O)N2CCN(C)CC2)c(C)c(C)c1Br. The molecule has 21 heavy (non-hydrogen) atoms. The minimum absolute atomic E-state index is 0.0701. The minimum Gasteiger partial charge on any atom is -0.483 e. The van der Waals surface area contributed by atoms with Gasteiger partial charge < -0.3 is 14.5 Å². The highest BCUT2D eigenvalue weighted by Gasteiger charge is 2.20. The Labute approximate surface area is 135 Å². The molecule has 0 bridgehead atoms. The molecule has 5 heteroatoms. The van der Waals surface area contributed by atoms with E-state index in [0.717, 1.165) is 53.1 Å². The van der Waals surface area contributed by atoms with Gasteiger partial charge in [-0.3, -0.25) is 4.79 Å². The number of carbonyl (C=O) groups excluding carboxylic acids is 1. The molecule has 0 aliphatic carbocycles. The molecule has 1 aliphatic rings. The van der Waals surface area contributed by atoms with Crippen molar-refractivity contribution < 1.29 is 9.53 Å². The number of likely N-dealkylation sites (N-methyl/N-ethyl adjacent to an activating group) is 1. The zero-order chi connectivity index (χ0) is 15.6. The molecule has 0 radical (unpaired) electrons. The number of amides is 1. The highest BCUT2D eigenvalue weighted by molar-refractivity contribution is 9.10. The van der Waals surface area contributed by atoms with Gasteiger partial charge in [-0.1, -0.05) is 15.9 Å². The maximum absolute atomic E-state index is 12.2. The molecule has 0 aromatic heterocycles. The van der Waals surface area contributed by atoms with Crippen LogP contribution in [0.15, 0.2) is 10.5 Å². The lowest BCUT2D eigenvalue weighted by Gasteiger charge is -2.32. The summed E-state index contributed by atoms with van der Waals surface area (Å²) in [5, 5.41) is 0. The van der Waals surface area contributed by atoms with E-state index in [1.807, 2.05) is 24.8 Å². The summed E-state index contributed by atoms with van der Waals surface area (Å²) in [6, 6.07) is 1.99. The van der Waals surface area contributed by atoms with Gasteiger partial charge in [-0.05, 0) is 50.6 Å². The fourth-order valence-corrected chi connectivity index (χ4v) is 2.86. The van der Waals surface area contributed by atoms with Gasteiger partial charge in [0, 0.05) is 30.7 Å². The van der Waals surface area contributed by atoms with E-state index in [4.69, 9.17) is 4.74 Å². The van der Waals surface area contributed by atoms with Crippen molar-refractivity contribution in [2.45, 2.75) is 20.8 Å². The molecule has 0 spiro atoms. The van der Waals surface area contributed by atoms with Gasteiger partial charge in [0.1, 0.15) is 5.75 Å². The van der Waals surface area contributed by atoms with E-state index in [0.29, 0.717) is 0 Å². The van der Waals surface area contributed by atoms with Crippen molar-refractivity contribution >= 4 is 21.8 Å². The molecule has 0 N–H and O–H groups in total. The average Bonchev–Trinajstić information content (AvgIpc) is 2.48. The molecule has 116 valence electrons. The van der Waals surface area contributed by atoms with Crippen LogP contribution in [0.25, 0.3) is 0 Å². The summed E-state index contributed by atoms with van der Waals surface area (Å²) in [7, 11) is 2.08. The lowest BCUT2D eigenvalue weighted by Crippen LogP contribution is -2.48. The van der Waals surface area contributed by atoms with Crippen LogP contribution in [0.1, 0.15) is 16.7 Å². The van der Waals surface area contributed by atoms with Crippen molar-refractivity contribution in [3.05, 3.63) is 27.2 Å². The number of hydrogen-bond acceptors (Lipinski definition) is 3.